The normalized spacial score (nSPS) is 20.1. The lowest BCUT2D eigenvalue weighted by Crippen LogP contribution is -2.44. The fourth-order valence-electron chi connectivity index (χ4n) is 3.54. The van der Waals surface area contributed by atoms with E-state index >= 15 is 0 Å². The van der Waals surface area contributed by atoms with Crippen LogP contribution in [-0.4, -0.2) is 33.1 Å². The van der Waals surface area contributed by atoms with E-state index in [1.165, 1.54) is 25.8 Å². The van der Waals surface area contributed by atoms with Crippen LogP contribution in [0.2, 0.25) is 0 Å². The van der Waals surface area contributed by atoms with Gasteiger partial charge in [-0.25, -0.2) is 4.98 Å². The summed E-state index contributed by atoms with van der Waals surface area (Å²) in [5.41, 5.74) is 0.112. The average molecular weight is 319 g/mol. The summed E-state index contributed by atoms with van der Waals surface area (Å²) in [5.74, 6) is 0. The van der Waals surface area contributed by atoms with Crippen molar-refractivity contribution in [3.63, 3.8) is 0 Å². The molecule has 0 amide bonds. The molecule has 0 saturated carbocycles. The summed E-state index contributed by atoms with van der Waals surface area (Å²) in [6.45, 7) is 8.53. The highest BCUT2D eigenvalue weighted by molar-refractivity contribution is 7.18. The molecule has 2 aromatic rings. The Labute approximate surface area is 135 Å². The van der Waals surface area contributed by atoms with Gasteiger partial charge in [0, 0.05) is 23.5 Å². The number of hydrogen-bond donors (Lipinski definition) is 0. The molecule has 120 valence electrons. The molecule has 4 nitrogen and oxygen atoms in total. The number of piperidine rings is 1. The maximum Gasteiger partial charge on any atom is 0.262 e. The molecule has 1 atom stereocenters. The second-order valence-electron chi connectivity index (χ2n) is 6.59. The van der Waals surface area contributed by atoms with Gasteiger partial charge in [-0.3, -0.25) is 14.3 Å². The minimum Gasteiger partial charge on any atom is -0.299 e. The van der Waals surface area contributed by atoms with E-state index in [-0.39, 0.29) is 5.56 Å². The second-order valence-corrected chi connectivity index (χ2v) is 7.82. The molecular weight excluding hydrogens is 294 g/mol. The lowest BCUT2D eigenvalue weighted by Gasteiger charge is -2.38. The fourth-order valence-corrected chi connectivity index (χ4v) is 4.38. The molecular formula is C17H25N3OS. The highest BCUT2D eigenvalue weighted by Gasteiger charge is 2.24. The Morgan fingerprint density at radius 3 is 3.00 bits per heavy atom. The molecule has 1 saturated heterocycles. The standard InChI is InChI=1S/C17H25N3OS/c1-12(2)20-8-5-4-6-14(20)7-9-19-11-18-16-15(17(19)21)10-13(3)22-16/h10-12,14H,4-9H2,1-3H3/t14-/m1/s1. The third-order valence-corrected chi connectivity index (χ3v) is 5.64. The first-order chi connectivity index (χ1) is 10.6. The number of aryl methyl sites for hydroxylation is 2. The fraction of sp³-hybridized carbons (Fsp3) is 0.647. The van der Waals surface area contributed by atoms with Crippen LogP contribution in [0.15, 0.2) is 17.2 Å². The average Bonchev–Trinajstić information content (AvgIpc) is 2.88. The summed E-state index contributed by atoms with van der Waals surface area (Å²) in [4.78, 5) is 21.6. The molecule has 0 aliphatic carbocycles. The topological polar surface area (TPSA) is 38.1 Å². The van der Waals surface area contributed by atoms with Gasteiger partial charge in [-0.2, -0.15) is 0 Å². The number of likely N-dealkylation sites (tertiary alicyclic amines) is 1. The molecule has 1 fully saturated rings. The lowest BCUT2D eigenvalue weighted by atomic mass is 9.98. The van der Waals surface area contributed by atoms with Gasteiger partial charge in [0.05, 0.1) is 11.7 Å². The quantitative estimate of drug-likeness (QED) is 0.866. The number of fused-ring (bicyclic) bond motifs is 1. The van der Waals surface area contributed by atoms with Crippen LogP contribution in [-0.2, 0) is 6.54 Å². The Morgan fingerprint density at radius 2 is 2.23 bits per heavy atom. The van der Waals surface area contributed by atoms with Crippen molar-refractivity contribution in [2.24, 2.45) is 0 Å². The van der Waals surface area contributed by atoms with Crippen molar-refractivity contribution >= 4 is 21.6 Å². The van der Waals surface area contributed by atoms with E-state index in [1.54, 1.807) is 22.2 Å². The number of nitrogens with zero attached hydrogens (tertiary/aromatic N) is 3. The van der Waals surface area contributed by atoms with E-state index in [9.17, 15) is 4.79 Å². The Morgan fingerprint density at radius 1 is 1.41 bits per heavy atom. The summed E-state index contributed by atoms with van der Waals surface area (Å²) in [5, 5.41) is 0.773. The SMILES string of the molecule is Cc1cc2c(=O)n(CC[C@H]3CCCCN3C(C)C)cnc2s1. The zero-order valence-corrected chi connectivity index (χ0v) is 14.5. The second kappa shape index (κ2) is 6.50. The van der Waals surface area contributed by atoms with Gasteiger partial charge >= 0.3 is 0 Å². The van der Waals surface area contributed by atoms with Crippen LogP contribution >= 0.6 is 11.3 Å². The van der Waals surface area contributed by atoms with Gasteiger partial charge < -0.3 is 0 Å². The third kappa shape index (κ3) is 3.10. The van der Waals surface area contributed by atoms with E-state index in [1.807, 2.05) is 13.0 Å². The van der Waals surface area contributed by atoms with E-state index in [0.29, 0.717) is 12.1 Å². The van der Waals surface area contributed by atoms with Crippen molar-refractivity contribution in [2.75, 3.05) is 6.54 Å². The molecule has 0 bridgehead atoms. The van der Waals surface area contributed by atoms with Crippen LogP contribution in [0, 0.1) is 6.92 Å². The Balaban J connectivity index is 1.75. The van der Waals surface area contributed by atoms with Gasteiger partial charge in [0.25, 0.3) is 5.56 Å². The smallest absolute Gasteiger partial charge is 0.262 e. The third-order valence-electron chi connectivity index (χ3n) is 4.68. The first-order valence-corrected chi connectivity index (χ1v) is 9.09. The van der Waals surface area contributed by atoms with E-state index < -0.39 is 0 Å². The largest absolute Gasteiger partial charge is 0.299 e. The molecule has 3 heterocycles. The summed E-state index contributed by atoms with van der Waals surface area (Å²) in [7, 11) is 0. The minimum absolute atomic E-state index is 0.112. The molecule has 3 rings (SSSR count). The summed E-state index contributed by atoms with van der Waals surface area (Å²) in [6, 6.07) is 3.15. The molecule has 0 spiro atoms. The number of rotatable bonds is 4. The highest BCUT2D eigenvalue weighted by Crippen LogP contribution is 2.23. The van der Waals surface area contributed by atoms with Gasteiger partial charge in [0.2, 0.25) is 0 Å². The molecule has 0 unspecified atom stereocenters. The molecule has 2 aromatic heterocycles. The van der Waals surface area contributed by atoms with Gasteiger partial charge in [-0.05, 0) is 52.6 Å². The first-order valence-electron chi connectivity index (χ1n) is 8.27. The zero-order valence-electron chi connectivity index (χ0n) is 13.7. The number of hydrogen-bond acceptors (Lipinski definition) is 4. The monoisotopic (exact) mass is 319 g/mol. The van der Waals surface area contributed by atoms with E-state index in [2.05, 4.69) is 23.7 Å². The van der Waals surface area contributed by atoms with Gasteiger partial charge in [-0.15, -0.1) is 11.3 Å². The van der Waals surface area contributed by atoms with Gasteiger partial charge in [-0.1, -0.05) is 6.42 Å². The summed E-state index contributed by atoms with van der Waals surface area (Å²) < 4.78 is 1.79. The molecule has 1 aliphatic heterocycles. The van der Waals surface area contributed by atoms with Crippen LogP contribution in [0.4, 0.5) is 0 Å². The van der Waals surface area contributed by atoms with Crippen LogP contribution in [0.3, 0.4) is 0 Å². The highest BCUT2D eigenvalue weighted by atomic mass is 32.1. The molecule has 1 aliphatic rings. The summed E-state index contributed by atoms with van der Waals surface area (Å²) in [6.07, 6.45) is 6.62. The van der Waals surface area contributed by atoms with Crippen molar-refractivity contribution < 1.29 is 0 Å². The molecule has 0 N–H and O–H groups in total. The predicted molar refractivity (Wildman–Crippen MR) is 92.7 cm³/mol. The van der Waals surface area contributed by atoms with Crippen molar-refractivity contribution in [2.45, 2.75) is 65.1 Å². The number of aromatic nitrogens is 2. The van der Waals surface area contributed by atoms with Gasteiger partial charge in [0.1, 0.15) is 4.83 Å². The zero-order chi connectivity index (χ0) is 15.7. The van der Waals surface area contributed by atoms with Gasteiger partial charge in [0.15, 0.2) is 0 Å². The Hall–Kier alpha value is -1.20. The maximum atomic E-state index is 12.5. The number of thiophene rings is 1. The molecule has 0 aromatic carbocycles. The predicted octanol–water partition coefficient (Wildman–Crippen LogP) is 3.42. The van der Waals surface area contributed by atoms with Crippen LogP contribution < -0.4 is 5.56 Å². The van der Waals surface area contributed by atoms with Crippen LogP contribution in [0.5, 0.6) is 0 Å². The van der Waals surface area contributed by atoms with Crippen molar-refractivity contribution in [1.29, 1.82) is 0 Å². The van der Waals surface area contributed by atoms with Crippen molar-refractivity contribution in [3.8, 4) is 0 Å². The Kier molecular flexibility index (Phi) is 4.64. The lowest BCUT2D eigenvalue weighted by molar-refractivity contribution is 0.102. The minimum atomic E-state index is 0.112. The van der Waals surface area contributed by atoms with E-state index in [4.69, 9.17) is 0 Å². The Bertz CT molecular complexity index is 703. The van der Waals surface area contributed by atoms with Crippen molar-refractivity contribution in [3.05, 3.63) is 27.6 Å². The van der Waals surface area contributed by atoms with Crippen LogP contribution in [0.25, 0.3) is 10.2 Å². The summed E-state index contributed by atoms with van der Waals surface area (Å²) >= 11 is 1.59. The first kappa shape index (κ1) is 15.7. The molecule has 5 heteroatoms. The van der Waals surface area contributed by atoms with E-state index in [0.717, 1.165) is 28.1 Å². The maximum absolute atomic E-state index is 12.5. The molecule has 22 heavy (non-hydrogen) atoms. The van der Waals surface area contributed by atoms with Crippen LogP contribution in [0.1, 0.15) is 44.4 Å². The van der Waals surface area contributed by atoms with Crippen molar-refractivity contribution in [1.82, 2.24) is 14.5 Å². The molecule has 0 radical (unpaired) electrons.